The topological polar surface area (TPSA) is 62.8 Å². The fourth-order valence-corrected chi connectivity index (χ4v) is 2.16. The van der Waals surface area contributed by atoms with Gasteiger partial charge in [-0.1, -0.05) is 18.5 Å². The molecule has 0 spiro atoms. The van der Waals surface area contributed by atoms with E-state index >= 15 is 0 Å². The van der Waals surface area contributed by atoms with Crippen molar-refractivity contribution in [2.45, 2.75) is 13.3 Å². The standard InChI is InChI=1S/C17H17ClN4O/c1-2-11-23-15-9-3-12(4-10-15)16-20-17(22-21-16)19-14-7-5-13(18)6-8-14/h3-10H,2,11H2,1H3,(H2,19,20,21,22). The molecule has 2 N–H and O–H groups in total. The molecule has 3 rings (SSSR count). The van der Waals surface area contributed by atoms with Crippen LogP contribution in [0.15, 0.2) is 48.5 Å². The minimum atomic E-state index is 0.508. The molecule has 0 bridgehead atoms. The van der Waals surface area contributed by atoms with Crippen molar-refractivity contribution >= 4 is 23.2 Å². The van der Waals surface area contributed by atoms with Gasteiger partial charge in [0.25, 0.3) is 0 Å². The quantitative estimate of drug-likeness (QED) is 0.691. The van der Waals surface area contributed by atoms with Crippen molar-refractivity contribution in [3.63, 3.8) is 0 Å². The number of nitrogens with zero attached hydrogens (tertiary/aromatic N) is 2. The summed E-state index contributed by atoms with van der Waals surface area (Å²) in [5.41, 5.74) is 1.83. The summed E-state index contributed by atoms with van der Waals surface area (Å²) in [6, 6.07) is 15.1. The van der Waals surface area contributed by atoms with Crippen molar-refractivity contribution in [3.8, 4) is 17.1 Å². The third-order valence-electron chi connectivity index (χ3n) is 3.19. The molecule has 118 valence electrons. The van der Waals surface area contributed by atoms with Gasteiger partial charge in [0.15, 0.2) is 5.82 Å². The molecule has 0 aliphatic heterocycles. The molecular formula is C17H17ClN4O. The highest BCUT2D eigenvalue weighted by Gasteiger charge is 2.06. The van der Waals surface area contributed by atoms with E-state index in [1.807, 2.05) is 48.5 Å². The third kappa shape index (κ3) is 4.02. The number of aromatic nitrogens is 3. The van der Waals surface area contributed by atoms with Crippen LogP contribution in [0.4, 0.5) is 11.6 Å². The van der Waals surface area contributed by atoms with Gasteiger partial charge in [0.1, 0.15) is 5.75 Å². The Morgan fingerprint density at radius 2 is 1.83 bits per heavy atom. The minimum Gasteiger partial charge on any atom is -0.494 e. The van der Waals surface area contributed by atoms with Crippen molar-refractivity contribution in [3.05, 3.63) is 53.6 Å². The van der Waals surface area contributed by atoms with Crippen LogP contribution in [0.25, 0.3) is 11.4 Å². The Hall–Kier alpha value is -2.53. The summed E-state index contributed by atoms with van der Waals surface area (Å²) in [5, 5.41) is 10.9. The lowest BCUT2D eigenvalue weighted by Crippen LogP contribution is -1.94. The molecule has 0 saturated carbocycles. The second kappa shape index (κ2) is 7.15. The number of hydrogen-bond acceptors (Lipinski definition) is 4. The lowest BCUT2D eigenvalue weighted by atomic mass is 10.2. The van der Waals surface area contributed by atoms with E-state index in [1.54, 1.807) is 0 Å². The molecule has 0 aliphatic rings. The van der Waals surface area contributed by atoms with Crippen LogP contribution >= 0.6 is 11.6 Å². The van der Waals surface area contributed by atoms with Crippen LogP contribution in [-0.2, 0) is 0 Å². The maximum atomic E-state index is 5.87. The first-order valence-corrected chi connectivity index (χ1v) is 7.80. The van der Waals surface area contributed by atoms with Gasteiger partial charge in [-0.05, 0) is 55.0 Å². The molecule has 0 fully saturated rings. The number of aromatic amines is 1. The van der Waals surface area contributed by atoms with Crippen molar-refractivity contribution < 1.29 is 4.74 Å². The summed E-state index contributed by atoms with van der Waals surface area (Å²) >= 11 is 5.87. The average molecular weight is 329 g/mol. The molecule has 0 radical (unpaired) electrons. The maximum Gasteiger partial charge on any atom is 0.246 e. The smallest absolute Gasteiger partial charge is 0.246 e. The molecule has 5 nitrogen and oxygen atoms in total. The summed E-state index contributed by atoms with van der Waals surface area (Å²) in [5.74, 6) is 2.06. The molecule has 0 aliphatic carbocycles. The summed E-state index contributed by atoms with van der Waals surface area (Å²) in [4.78, 5) is 4.44. The number of anilines is 2. The number of rotatable bonds is 6. The Morgan fingerprint density at radius 3 is 2.52 bits per heavy atom. The van der Waals surface area contributed by atoms with Crippen LogP contribution in [0.5, 0.6) is 5.75 Å². The van der Waals surface area contributed by atoms with Gasteiger partial charge in [-0.25, -0.2) is 0 Å². The maximum absolute atomic E-state index is 5.87. The number of halogens is 1. The van der Waals surface area contributed by atoms with Gasteiger partial charge < -0.3 is 10.1 Å². The summed E-state index contributed by atoms with van der Waals surface area (Å²) in [7, 11) is 0. The predicted octanol–water partition coefficient (Wildman–Crippen LogP) is 4.66. The third-order valence-corrected chi connectivity index (χ3v) is 3.44. The van der Waals surface area contributed by atoms with Crippen molar-refractivity contribution in [1.82, 2.24) is 15.2 Å². The summed E-state index contributed by atoms with van der Waals surface area (Å²) in [6.45, 7) is 2.80. The molecule has 0 atom stereocenters. The average Bonchev–Trinajstić information content (AvgIpc) is 3.04. The van der Waals surface area contributed by atoms with Crippen LogP contribution < -0.4 is 10.1 Å². The largest absolute Gasteiger partial charge is 0.494 e. The van der Waals surface area contributed by atoms with Crippen LogP contribution in [0.2, 0.25) is 5.02 Å². The zero-order valence-electron chi connectivity index (χ0n) is 12.7. The minimum absolute atomic E-state index is 0.508. The van der Waals surface area contributed by atoms with Gasteiger partial charge in [0.2, 0.25) is 5.95 Å². The van der Waals surface area contributed by atoms with E-state index < -0.39 is 0 Å². The predicted molar refractivity (Wildman–Crippen MR) is 92.3 cm³/mol. The molecule has 0 unspecified atom stereocenters. The lowest BCUT2D eigenvalue weighted by molar-refractivity contribution is 0.317. The van der Waals surface area contributed by atoms with Crippen molar-refractivity contribution in [1.29, 1.82) is 0 Å². The Balaban J connectivity index is 1.69. The highest BCUT2D eigenvalue weighted by Crippen LogP contribution is 2.22. The van der Waals surface area contributed by atoms with Gasteiger partial charge in [0.05, 0.1) is 6.61 Å². The zero-order valence-corrected chi connectivity index (χ0v) is 13.5. The normalized spacial score (nSPS) is 10.5. The van der Waals surface area contributed by atoms with Crippen molar-refractivity contribution in [2.75, 3.05) is 11.9 Å². The van der Waals surface area contributed by atoms with E-state index in [1.165, 1.54) is 0 Å². The SMILES string of the molecule is CCCOc1ccc(-c2nc(Nc3ccc(Cl)cc3)n[nH]2)cc1. The lowest BCUT2D eigenvalue weighted by Gasteiger charge is -2.04. The van der Waals surface area contributed by atoms with Gasteiger partial charge in [-0.15, -0.1) is 5.10 Å². The van der Waals surface area contributed by atoms with Crippen LogP contribution in [0.3, 0.4) is 0 Å². The Kier molecular flexibility index (Phi) is 4.78. The number of benzene rings is 2. The molecule has 1 aromatic heterocycles. The Morgan fingerprint density at radius 1 is 1.09 bits per heavy atom. The van der Waals surface area contributed by atoms with Crippen molar-refractivity contribution in [2.24, 2.45) is 0 Å². The highest BCUT2D eigenvalue weighted by molar-refractivity contribution is 6.30. The Bertz CT molecular complexity index is 753. The number of hydrogen-bond donors (Lipinski definition) is 2. The first kappa shape index (κ1) is 15.4. The first-order chi connectivity index (χ1) is 11.2. The van der Waals surface area contributed by atoms with Crippen LogP contribution in [-0.4, -0.2) is 21.8 Å². The number of ether oxygens (including phenoxy) is 1. The second-order valence-corrected chi connectivity index (χ2v) is 5.45. The molecule has 1 heterocycles. The van der Waals surface area contributed by atoms with Gasteiger partial charge in [-0.2, -0.15) is 4.98 Å². The zero-order chi connectivity index (χ0) is 16.1. The summed E-state index contributed by atoms with van der Waals surface area (Å²) in [6.07, 6.45) is 0.990. The first-order valence-electron chi connectivity index (χ1n) is 7.43. The summed E-state index contributed by atoms with van der Waals surface area (Å²) < 4.78 is 5.57. The van der Waals surface area contributed by atoms with E-state index in [4.69, 9.17) is 16.3 Å². The molecular weight excluding hydrogens is 312 g/mol. The second-order valence-electron chi connectivity index (χ2n) is 5.01. The van der Waals surface area contributed by atoms with Gasteiger partial charge >= 0.3 is 0 Å². The van der Waals surface area contributed by atoms with E-state index in [0.29, 0.717) is 16.8 Å². The number of nitrogens with one attached hydrogen (secondary N) is 2. The van der Waals surface area contributed by atoms with E-state index in [9.17, 15) is 0 Å². The fraction of sp³-hybridized carbons (Fsp3) is 0.176. The molecule has 6 heteroatoms. The molecule has 3 aromatic rings. The van der Waals surface area contributed by atoms with Crippen LogP contribution in [0, 0.1) is 0 Å². The monoisotopic (exact) mass is 328 g/mol. The molecule has 23 heavy (non-hydrogen) atoms. The number of H-pyrrole nitrogens is 1. The molecule has 2 aromatic carbocycles. The highest BCUT2D eigenvalue weighted by atomic mass is 35.5. The van der Waals surface area contributed by atoms with E-state index in [2.05, 4.69) is 27.4 Å². The van der Waals surface area contributed by atoms with Crippen LogP contribution in [0.1, 0.15) is 13.3 Å². The molecule has 0 saturated heterocycles. The Labute approximate surface area is 139 Å². The van der Waals surface area contributed by atoms with E-state index in [-0.39, 0.29) is 0 Å². The fourth-order valence-electron chi connectivity index (χ4n) is 2.04. The molecule has 0 amide bonds. The van der Waals surface area contributed by atoms with Gasteiger partial charge in [0, 0.05) is 16.3 Å². The van der Waals surface area contributed by atoms with Gasteiger partial charge in [-0.3, -0.25) is 5.10 Å². The van der Waals surface area contributed by atoms with E-state index in [0.717, 1.165) is 30.0 Å².